The number of nitrogens with one attached hydrogen (secondary N) is 1. The van der Waals surface area contributed by atoms with Gasteiger partial charge in [0.2, 0.25) is 0 Å². The molecule has 0 radical (unpaired) electrons. The quantitative estimate of drug-likeness (QED) is 0.663. The minimum absolute atomic E-state index is 0.0596. The van der Waals surface area contributed by atoms with E-state index in [1.54, 1.807) is 12.1 Å². The van der Waals surface area contributed by atoms with Crippen molar-refractivity contribution in [2.45, 2.75) is 54.6 Å². The maximum atomic E-state index is 15.3. The largest absolute Gasteiger partial charge is 0.394 e. The molecule has 1 saturated heterocycles. The summed E-state index contributed by atoms with van der Waals surface area (Å²) in [7, 11) is -1.25. The van der Waals surface area contributed by atoms with Crippen LogP contribution in [0.4, 0.5) is 15.9 Å². The van der Waals surface area contributed by atoms with Crippen LogP contribution in [0.1, 0.15) is 48.4 Å². The van der Waals surface area contributed by atoms with Crippen LogP contribution >= 0.6 is 11.6 Å². The molecule has 5 rings (SSSR count). The van der Waals surface area contributed by atoms with E-state index in [4.69, 9.17) is 16.6 Å². The van der Waals surface area contributed by atoms with E-state index >= 15 is 4.39 Å². The van der Waals surface area contributed by atoms with Crippen molar-refractivity contribution in [3.63, 3.8) is 0 Å². The summed E-state index contributed by atoms with van der Waals surface area (Å²) >= 11 is 5.98. The van der Waals surface area contributed by atoms with Gasteiger partial charge >= 0.3 is 0 Å². The highest BCUT2D eigenvalue weighted by Crippen LogP contribution is 2.43. The van der Waals surface area contributed by atoms with Gasteiger partial charge in [-0.3, -0.25) is 4.21 Å². The third kappa shape index (κ3) is 4.01. The summed E-state index contributed by atoms with van der Waals surface area (Å²) in [5.74, 6) is 0.667. The van der Waals surface area contributed by atoms with Crippen molar-refractivity contribution in [3.05, 3.63) is 46.1 Å². The maximum Gasteiger partial charge on any atom is 0.149 e. The molecule has 9 heteroatoms. The Bertz CT molecular complexity index is 1130. The lowest BCUT2D eigenvalue weighted by Crippen LogP contribution is -2.49. The Labute approximate surface area is 200 Å². The zero-order chi connectivity index (χ0) is 23.2. The van der Waals surface area contributed by atoms with E-state index in [2.05, 4.69) is 11.4 Å². The summed E-state index contributed by atoms with van der Waals surface area (Å²) in [6.07, 6.45) is 2.57. The molecule has 2 fully saturated rings. The van der Waals surface area contributed by atoms with E-state index in [-0.39, 0.29) is 19.1 Å². The van der Waals surface area contributed by atoms with Crippen LogP contribution in [-0.2, 0) is 17.2 Å². The molecule has 33 heavy (non-hydrogen) atoms. The van der Waals surface area contributed by atoms with Gasteiger partial charge < -0.3 is 15.3 Å². The molecule has 1 aromatic heterocycles. The fourth-order valence-electron chi connectivity index (χ4n) is 5.14. The van der Waals surface area contributed by atoms with Gasteiger partial charge in [-0.25, -0.2) is 9.37 Å². The van der Waals surface area contributed by atoms with Gasteiger partial charge in [-0.2, -0.15) is 5.26 Å². The van der Waals surface area contributed by atoms with Gasteiger partial charge in [-0.15, -0.1) is 0 Å². The van der Waals surface area contributed by atoms with E-state index in [1.165, 1.54) is 0 Å². The minimum atomic E-state index is -1.25. The van der Waals surface area contributed by atoms with Crippen LogP contribution in [0.25, 0.3) is 0 Å². The van der Waals surface area contributed by atoms with Crippen molar-refractivity contribution in [1.29, 1.82) is 5.26 Å². The summed E-state index contributed by atoms with van der Waals surface area (Å²) in [5, 5.41) is 24.1. The van der Waals surface area contributed by atoms with E-state index in [9.17, 15) is 14.6 Å². The number of aryl methyl sites for hydroxylation is 1. The minimum Gasteiger partial charge on any atom is -0.394 e. The number of benzene rings is 1. The van der Waals surface area contributed by atoms with E-state index in [0.717, 1.165) is 24.8 Å². The van der Waals surface area contributed by atoms with Crippen molar-refractivity contribution in [2.75, 3.05) is 35.7 Å². The molecule has 0 spiro atoms. The fourth-order valence-corrected chi connectivity index (χ4v) is 6.64. The average Bonchev–Trinajstić information content (AvgIpc) is 3.17. The molecular formula is C24H26ClFN4O2S. The third-order valence-electron chi connectivity index (χ3n) is 7.21. The second-order valence-corrected chi connectivity index (χ2v) is 11.1. The van der Waals surface area contributed by atoms with Crippen LogP contribution < -0.4 is 10.2 Å². The number of piperidine rings is 1. The van der Waals surface area contributed by atoms with Gasteiger partial charge in [-0.05, 0) is 43.4 Å². The highest BCUT2D eigenvalue weighted by Gasteiger charge is 2.40. The number of nitriles is 1. The summed E-state index contributed by atoms with van der Waals surface area (Å²) in [5.41, 5.74) is 1.92. The van der Waals surface area contributed by atoms with Crippen molar-refractivity contribution in [2.24, 2.45) is 0 Å². The second-order valence-electron chi connectivity index (χ2n) is 9.20. The van der Waals surface area contributed by atoms with Gasteiger partial charge in [0.15, 0.2) is 0 Å². The first kappa shape index (κ1) is 22.6. The summed E-state index contributed by atoms with van der Waals surface area (Å²) in [4.78, 5) is 7.14. The first-order chi connectivity index (χ1) is 15.9. The van der Waals surface area contributed by atoms with E-state index in [1.807, 2.05) is 17.0 Å². The standard InChI is InChI=1S/C24H26ClFN4O2S/c25-16-4-2-15(3-5-16)17-6-10-30(13-19(17)26)23-18(12-27)21(29-24(14-31)8-1-9-24)22-20(28-23)7-11-33(22)32/h2-5,17,19,31H,1,6-11,13-14H2,(H,28,29). The molecule has 1 saturated carbocycles. The van der Waals surface area contributed by atoms with Crippen molar-refractivity contribution < 1.29 is 13.7 Å². The smallest absolute Gasteiger partial charge is 0.149 e. The summed E-state index contributed by atoms with van der Waals surface area (Å²) in [6, 6.07) is 9.55. The predicted molar refractivity (Wildman–Crippen MR) is 127 cm³/mol. The lowest BCUT2D eigenvalue weighted by Gasteiger charge is -2.43. The number of aromatic nitrogens is 1. The highest BCUT2D eigenvalue weighted by molar-refractivity contribution is 7.85. The molecular weight excluding hydrogens is 463 g/mol. The number of fused-ring (bicyclic) bond motifs is 1. The Balaban J connectivity index is 1.49. The fraction of sp³-hybridized carbons (Fsp3) is 0.500. The molecule has 0 amide bonds. The number of hydrogen-bond donors (Lipinski definition) is 2. The van der Waals surface area contributed by atoms with Crippen LogP contribution in [-0.4, -0.2) is 51.5 Å². The third-order valence-corrected chi connectivity index (χ3v) is 8.93. The van der Waals surface area contributed by atoms with Crippen molar-refractivity contribution in [1.82, 2.24) is 4.98 Å². The van der Waals surface area contributed by atoms with Crippen LogP contribution in [0.15, 0.2) is 29.2 Å². The van der Waals surface area contributed by atoms with Gasteiger partial charge in [-0.1, -0.05) is 23.7 Å². The molecule has 1 aliphatic carbocycles. The Hall–Kier alpha value is -2.21. The Morgan fingerprint density at radius 3 is 2.73 bits per heavy atom. The first-order valence-corrected chi connectivity index (χ1v) is 13.0. The van der Waals surface area contributed by atoms with Crippen molar-refractivity contribution >= 4 is 33.9 Å². The first-order valence-electron chi connectivity index (χ1n) is 11.3. The van der Waals surface area contributed by atoms with E-state index < -0.39 is 22.5 Å². The number of nitrogens with zero attached hydrogens (tertiary/aromatic N) is 3. The SMILES string of the molecule is N#Cc1c(N2CCC(c3ccc(Cl)cc3)C(F)C2)nc2c(c1NC1(CO)CCC1)S(=O)CC2. The lowest BCUT2D eigenvalue weighted by molar-refractivity contribution is 0.144. The van der Waals surface area contributed by atoms with Crippen molar-refractivity contribution in [3.8, 4) is 6.07 Å². The number of aliphatic hydroxyl groups excluding tert-OH is 1. The number of rotatable bonds is 5. The summed E-state index contributed by atoms with van der Waals surface area (Å²) < 4.78 is 28.1. The molecule has 6 nitrogen and oxygen atoms in total. The van der Waals surface area contributed by atoms with Gasteiger partial charge in [0.05, 0.1) is 45.8 Å². The number of halogens is 2. The van der Waals surface area contributed by atoms with Gasteiger partial charge in [0.1, 0.15) is 23.6 Å². The van der Waals surface area contributed by atoms with Crippen LogP contribution in [0.2, 0.25) is 5.02 Å². The number of aliphatic hydroxyl groups is 1. The predicted octanol–water partition coefficient (Wildman–Crippen LogP) is 3.93. The number of anilines is 2. The number of pyridine rings is 1. The van der Waals surface area contributed by atoms with Crippen LogP contribution in [0.5, 0.6) is 0 Å². The molecule has 2 N–H and O–H groups in total. The average molecular weight is 489 g/mol. The molecule has 3 atom stereocenters. The van der Waals surface area contributed by atoms with Gasteiger partial charge in [0.25, 0.3) is 0 Å². The Kier molecular flexibility index (Phi) is 6.06. The molecule has 174 valence electrons. The summed E-state index contributed by atoms with van der Waals surface area (Å²) in [6.45, 7) is 0.624. The molecule has 3 unspecified atom stereocenters. The normalized spacial score (nSPS) is 25.8. The van der Waals surface area contributed by atoms with Crippen LogP contribution in [0, 0.1) is 11.3 Å². The number of hydrogen-bond acceptors (Lipinski definition) is 6. The number of alkyl halides is 1. The second kappa shape index (κ2) is 8.86. The molecule has 1 aromatic carbocycles. The van der Waals surface area contributed by atoms with Crippen LogP contribution in [0.3, 0.4) is 0 Å². The lowest BCUT2D eigenvalue weighted by atomic mass is 9.77. The molecule has 2 aliphatic heterocycles. The monoisotopic (exact) mass is 488 g/mol. The zero-order valence-electron chi connectivity index (χ0n) is 18.2. The van der Waals surface area contributed by atoms with E-state index in [0.29, 0.717) is 57.8 Å². The molecule has 0 bridgehead atoms. The Morgan fingerprint density at radius 2 is 2.12 bits per heavy atom. The topological polar surface area (TPSA) is 89.2 Å². The van der Waals surface area contributed by atoms with Gasteiger partial charge in [0, 0.05) is 29.7 Å². The Morgan fingerprint density at radius 1 is 1.36 bits per heavy atom. The molecule has 2 aromatic rings. The highest BCUT2D eigenvalue weighted by atomic mass is 35.5. The molecule has 3 aliphatic rings. The zero-order valence-corrected chi connectivity index (χ0v) is 19.8. The molecule has 3 heterocycles. The maximum absolute atomic E-state index is 15.3.